The molecule has 0 aliphatic heterocycles. The van der Waals surface area contributed by atoms with Gasteiger partial charge < -0.3 is 9.84 Å². The van der Waals surface area contributed by atoms with Crippen molar-refractivity contribution in [3.8, 4) is 0 Å². The van der Waals surface area contributed by atoms with Crippen molar-refractivity contribution in [3.05, 3.63) is 0 Å². The minimum absolute atomic E-state index is 0.309. The first kappa shape index (κ1) is 18.4. The van der Waals surface area contributed by atoms with Crippen LogP contribution in [-0.2, 0) is 9.53 Å². The van der Waals surface area contributed by atoms with Crippen molar-refractivity contribution < 1.29 is 14.6 Å². The molecule has 0 fully saturated rings. The van der Waals surface area contributed by atoms with Gasteiger partial charge in [0.25, 0.3) is 0 Å². The van der Waals surface area contributed by atoms with Gasteiger partial charge in [0.1, 0.15) is 5.60 Å². The van der Waals surface area contributed by atoms with E-state index in [1.165, 1.54) is 0 Å². The van der Waals surface area contributed by atoms with Crippen LogP contribution in [0.5, 0.6) is 0 Å². The summed E-state index contributed by atoms with van der Waals surface area (Å²) in [5.41, 5.74) is -1.49. The standard InChI is InChI=1S/C16H32O3/c1-11(2)9-16(18,10-12(3)4)13(5)14(17)19-15(6,7)8/h11-13,18H,9-10H2,1-8H3. The first-order valence-electron chi connectivity index (χ1n) is 7.32. The highest BCUT2D eigenvalue weighted by atomic mass is 16.6. The minimum atomic E-state index is -0.981. The number of carbonyl (C=O) groups excluding carboxylic acids is 1. The lowest BCUT2D eigenvalue weighted by atomic mass is 9.76. The Morgan fingerprint density at radius 1 is 1.00 bits per heavy atom. The van der Waals surface area contributed by atoms with E-state index < -0.39 is 17.1 Å². The summed E-state index contributed by atoms with van der Waals surface area (Å²) in [5.74, 6) is -0.130. The van der Waals surface area contributed by atoms with Crippen LogP contribution in [0.25, 0.3) is 0 Å². The van der Waals surface area contributed by atoms with Crippen molar-refractivity contribution in [1.82, 2.24) is 0 Å². The molecule has 114 valence electrons. The van der Waals surface area contributed by atoms with E-state index in [9.17, 15) is 9.90 Å². The average Bonchev–Trinajstić information content (AvgIpc) is 2.10. The van der Waals surface area contributed by atoms with Crippen molar-refractivity contribution in [2.24, 2.45) is 17.8 Å². The van der Waals surface area contributed by atoms with Crippen LogP contribution in [-0.4, -0.2) is 22.3 Å². The quantitative estimate of drug-likeness (QED) is 0.748. The van der Waals surface area contributed by atoms with Gasteiger partial charge in [-0.3, -0.25) is 4.79 Å². The Labute approximate surface area is 118 Å². The number of hydrogen-bond acceptors (Lipinski definition) is 3. The number of aliphatic hydroxyl groups is 1. The zero-order valence-corrected chi connectivity index (χ0v) is 13.9. The second-order valence-corrected chi connectivity index (χ2v) is 7.55. The highest BCUT2D eigenvalue weighted by molar-refractivity contribution is 5.73. The summed E-state index contributed by atoms with van der Waals surface area (Å²) in [5, 5.41) is 10.9. The van der Waals surface area contributed by atoms with Crippen molar-refractivity contribution in [1.29, 1.82) is 0 Å². The van der Waals surface area contributed by atoms with E-state index in [1.54, 1.807) is 6.92 Å². The number of hydrogen-bond donors (Lipinski definition) is 1. The molecule has 0 saturated carbocycles. The van der Waals surface area contributed by atoms with Crippen LogP contribution in [0.4, 0.5) is 0 Å². The van der Waals surface area contributed by atoms with Crippen LogP contribution >= 0.6 is 0 Å². The summed E-state index contributed by atoms with van der Waals surface area (Å²) in [6.07, 6.45) is 1.23. The fraction of sp³-hybridized carbons (Fsp3) is 0.938. The van der Waals surface area contributed by atoms with Crippen LogP contribution in [0.1, 0.15) is 68.2 Å². The minimum Gasteiger partial charge on any atom is -0.460 e. The third kappa shape index (κ3) is 6.95. The molecule has 0 aromatic carbocycles. The van der Waals surface area contributed by atoms with Crippen LogP contribution in [0.3, 0.4) is 0 Å². The second-order valence-electron chi connectivity index (χ2n) is 7.55. The Morgan fingerprint density at radius 2 is 1.37 bits per heavy atom. The third-order valence-electron chi connectivity index (χ3n) is 3.09. The first-order chi connectivity index (χ1) is 8.37. The molecule has 0 heterocycles. The van der Waals surface area contributed by atoms with Gasteiger partial charge in [-0.15, -0.1) is 0 Å². The van der Waals surface area contributed by atoms with E-state index in [-0.39, 0.29) is 5.97 Å². The molecule has 0 spiro atoms. The van der Waals surface area contributed by atoms with Gasteiger partial charge in [-0.2, -0.15) is 0 Å². The molecule has 0 bridgehead atoms. The topological polar surface area (TPSA) is 46.5 Å². The van der Waals surface area contributed by atoms with E-state index >= 15 is 0 Å². The molecule has 0 aromatic heterocycles. The molecule has 3 nitrogen and oxygen atoms in total. The van der Waals surface area contributed by atoms with Gasteiger partial charge in [0.05, 0.1) is 11.5 Å². The zero-order chi connectivity index (χ0) is 15.4. The third-order valence-corrected chi connectivity index (χ3v) is 3.09. The molecule has 0 rings (SSSR count). The maximum Gasteiger partial charge on any atom is 0.312 e. The van der Waals surface area contributed by atoms with Crippen LogP contribution in [0.2, 0.25) is 0 Å². The van der Waals surface area contributed by atoms with Gasteiger partial charge in [-0.05, 0) is 52.4 Å². The maximum absolute atomic E-state index is 12.2. The molecule has 0 aliphatic rings. The van der Waals surface area contributed by atoms with Gasteiger partial charge in [0.15, 0.2) is 0 Å². The molecule has 1 atom stereocenters. The lowest BCUT2D eigenvalue weighted by molar-refractivity contribution is -0.171. The van der Waals surface area contributed by atoms with Crippen LogP contribution < -0.4 is 0 Å². The lowest BCUT2D eigenvalue weighted by Crippen LogP contribution is -2.45. The van der Waals surface area contributed by atoms with E-state index in [2.05, 4.69) is 27.7 Å². The van der Waals surface area contributed by atoms with Crippen molar-refractivity contribution in [2.75, 3.05) is 0 Å². The maximum atomic E-state index is 12.2. The number of rotatable bonds is 6. The summed E-state index contributed by atoms with van der Waals surface area (Å²) >= 11 is 0. The molecule has 19 heavy (non-hydrogen) atoms. The Bertz CT molecular complexity index is 277. The SMILES string of the molecule is CC(C)CC(O)(CC(C)C)C(C)C(=O)OC(C)(C)C. The summed E-state index contributed by atoms with van der Waals surface area (Å²) in [7, 11) is 0. The smallest absolute Gasteiger partial charge is 0.312 e. The van der Waals surface area contributed by atoms with E-state index in [4.69, 9.17) is 4.74 Å². The highest BCUT2D eigenvalue weighted by Crippen LogP contribution is 2.33. The Kier molecular flexibility index (Phi) is 6.53. The van der Waals surface area contributed by atoms with Gasteiger partial charge in [0, 0.05) is 0 Å². The van der Waals surface area contributed by atoms with Gasteiger partial charge in [-0.1, -0.05) is 27.7 Å². The average molecular weight is 272 g/mol. The summed E-state index contributed by atoms with van der Waals surface area (Å²) in [6, 6.07) is 0. The zero-order valence-electron chi connectivity index (χ0n) is 13.9. The number of esters is 1. The van der Waals surface area contributed by atoms with Crippen molar-refractivity contribution >= 4 is 5.97 Å². The Hall–Kier alpha value is -0.570. The molecule has 0 aliphatic carbocycles. The van der Waals surface area contributed by atoms with Crippen molar-refractivity contribution in [2.45, 2.75) is 79.4 Å². The molecule has 1 unspecified atom stereocenters. The van der Waals surface area contributed by atoms with Crippen molar-refractivity contribution in [3.63, 3.8) is 0 Å². The van der Waals surface area contributed by atoms with E-state index in [0.717, 1.165) is 0 Å². The Balaban J connectivity index is 4.99. The fourth-order valence-electron chi connectivity index (χ4n) is 2.46. The lowest BCUT2D eigenvalue weighted by Gasteiger charge is -2.37. The predicted molar refractivity (Wildman–Crippen MR) is 78.9 cm³/mol. The molecule has 1 N–H and O–H groups in total. The molecule has 3 heteroatoms. The van der Waals surface area contributed by atoms with Gasteiger partial charge in [-0.25, -0.2) is 0 Å². The first-order valence-corrected chi connectivity index (χ1v) is 7.32. The van der Waals surface area contributed by atoms with E-state index in [0.29, 0.717) is 24.7 Å². The predicted octanol–water partition coefficient (Wildman–Crippen LogP) is 3.79. The fourth-order valence-corrected chi connectivity index (χ4v) is 2.46. The van der Waals surface area contributed by atoms with E-state index in [1.807, 2.05) is 20.8 Å². The largest absolute Gasteiger partial charge is 0.460 e. The molecule has 0 aromatic rings. The molecule has 0 radical (unpaired) electrons. The summed E-state index contributed by atoms with van der Waals surface area (Å²) in [4.78, 5) is 12.2. The highest BCUT2D eigenvalue weighted by Gasteiger charge is 2.41. The van der Waals surface area contributed by atoms with Crippen LogP contribution in [0, 0.1) is 17.8 Å². The van der Waals surface area contributed by atoms with Crippen LogP contribution in [0.15, 0.2) is 0 Å². The molecule has 0 saturated heterocycles. The molecular formula is C16H32O3. The molecule has 0 amide bonds. The summed E-state index contributed by atoms with van der Waals surface area (Å²) in [6.45, 7) is 15.6. The monoisotopic (exact) mass is 272 g/mol. The second kappa shape index (κ2) is 6.74. The number of ether oxygens (including phenoxy) is 1. The Morgan fingerprint density at radius 3 is 1.63 bits per heavy atom. The normalized spacial score (nSPS) is 14.9. The summed E-state index contributed by atoms with van der Waals surface area (Å²) < 4.78 is 5.41. The number of carbonyl (C=O) groups is 1. The van der Waals surface area contributed by atoms with Gasteiger partial charge in [0.2, 0.25) is 0 Å². The van der Waals surface area contributed by atoms with Gasteiger partial charge >= 0.3 is 5.97 Å². The molecular weight excluding hydrogens is 240 g/mol.